The molecule has 25 heavy (non-hydrogen) atoms. The van der Waals surface area contributed by atoms with Gasteiger partial charge in [-0.05, 0) is 50.2 Å². The molecule has 0 unspecified atom stereocenters. The normalized spacial score (nSPS) is 20.4. The third-order valence-corrected chi connectivity index (χ3v) is 6.07. The van der Waals surface area contributed by atoms with Crippen molar-refractivity contribution in [1.82, 2.24) is 19.7 Å². The summed E-state index contributed by atoms with van der Waals surface area (Å²) in [7, 11) is 1.94. The molecule has 6 heteroatoms. The van der Waals surface area contributed by atoms with Crippen LogP contribution in [0.5, 0.6) is 0 Å². The second kappa shape index (κ2) is 8.04. The molecule has 1 aliphatic rings. The molecule has 1 saturated carbocycles. The van der Waals surface area contributed by atoms with Crippen molar-refractivity contribution in [2.24, 2.45) is 5.92 Å². The van der Waals surface area contributed by atoms with Crippen molar-refractivity contribution < 1.29 is 4.79 Å². The van der Waals surface area contributed by atoms with E-state index in [2.05, 4.69) is 30.1 Å². The molecule has 0 radical (unpaired) electrons. The lowest BCUT2D eigenvalue weighted by molar-refractivity contribution is -0.129. The monoisotopic (exact) mass is 358 g/mol. The summed E-state index contributed by atoms with van der Waals surface area (Å²) in [5, 5.41) is 8.98. The Morgan fingerprint density at radius 3 is 2.72 bits per heavy atom. The van der Waals surface area contributed by atoms with Crippen LogP contribution in [0.15, 0.2) is 35.7 Å². The number of aromatic nitrogens is 3. The molecule has 1 aromatic carbocycles. The average Bonchev–Trinajstić information content (AvgIpc) is 3.08. The van der Waals surface area contributed by atoms with Gasteiger partial charge >= 0.3 is 0 Å². The summed E-state index contributed by atoms with van der Waals surface area (Å²) in [6.45, 7) is 4.36. The number of amides is 1. The number of rotatable bonds is 5. The zero-order valence-corrected chi connectivity index (χ0v) is 16.0. The van der Waals surface area contributed by atoms with E-state index in [9.17, 15) is 4.79 Å². The summed E-state index contributed by atoms with van der Waals surface area (Å²) in [6, 6.07) is 8.50. The van der Waals surface area contributed by atoms with E-state index in [-0.39, 0.29) is 5.91 Å². The summed E-state index contributed by atoms with van der Waals surface area (Å²) >= 11 is 1.46. The van der Waals surface area contributed by atoms with Gasteiger partial charge in [-0.1, -0.05) is 36.9 Å². The molecule has 1 aliphatic carbocycles. The van der Waals surface area contributed by atoms with Crippen molar-refractivity contribution in [1.29, 1.82) is 0 Å². The maximum absolute atomic E-state index is 12.6. The van der Waals surface area contributed by atoms with Gasteiger partial charge in [0.1, 0.15) is 6.33 Å². The fourth-order valence-corrected chi connectivity index (χ4v) is 4.23. The van der Waals surface area contributed by atoms with Crippen LogP contribution in [0.1, 0.15) is 38.2 Å². The lowest BCUT2D eigenvalue weighted by atomic mass is 9.87. The fraction of sp³-hybridized carbons (Fsp3) is 0.526. The first-order chi connectivity index (χ1) is 12.1. The minimum atomic E-state index is 0.170. The molecule has 1 amide bonds. The summed E-state index contributed by atoms with van der Waals surface area (Å²) in [5.41, 5.74) is 2.21. The number of benzene rings is 1. The molecule has 5 nitrogen and oxygen atoms in total. The Bertz CT molecular complexity index is 722. The molecule has 134 valence electrons. The van der Waals surface area contributed by atoms with E-state index < -0.39 is 0 Å². The summed E-state index contributed by atoms with van der Waals surface area (Å²) in [4.78, 5) is 14.5. The first-order valence-corrected chi connectivity index (χ1v) is 9.89. The van der Waals surface area contributed by atoms with Crippen LogP contribution in [0.2, 0.25) is 0 Å². The van der Waals surface area contributed by atoms with Crippen LogP contribution in [-0.2, 0) is 4.79 Å². The average molecular weight is 359 g/mol. The van der Waals surface area contributed by atoms with Gasteiger partial charge in [-0.25, -0.2) is 0 Å². The van der Waals surface area contributed by atoms with Gasteiger partial charge in [0.2, 0.25) is 5.91 Å². The van der Waals surface area contributed by atoms with Crippen molar-refractivity contribution in [3.63, 3.8) is 0 Å². The van der Waals surface area contributed by atoms with Crippen molar-refractivity contribution in [2.75, 3.05) is 12.8 Å². The molecule has 0 spiro atoms. The molecule has 0 bridgehead atoms. The summed E-state index contributed by atoms with van der Waals surface area (Å²) < 4.78 is 1.95. The van der Waals surface area contributed by atoms with E-state index in [0.29, 0.717) is 11.8 Å². The minimum absolute atomic E-state index is 0.170. The molecule has 3 rings (SSSR count). The third-order valence-electron chi connectivity index (χ3n) is 5.14. The Labute approximate surface area is 153 Å². The number of thioether (sulfide) groups is 1. The Balaban J connectivity index is 1.62. The van der Waals surface area contributed by atoms with E-state index in [1.807, 2.05) is 34.7 Å². The first-order valence-electron chi connectivity index (χ1n) is 8.90. The molecular formula is C19H26N4OS. The van der Waals surface area contributed by atoms with Gasteiger partial charge in [-0.3, -0.25) is 9.36 Å². The van der Waals surface area contributed by atoms with Crippen LogP contribution < -0.4 is 0 Å². The van der Waals surface area contributed by atoms with E-state index >= 15 is 0 Å². The highest BCUT2D eigenvalue weighted by atomic mass is 32.2. The Hall–Kier alpha value is -1.82. The van der Waals surface area contributed by atoms with Crippen LogP contribution in [0.3, 0.4) is 0 Å². The summed E-state index contributed by atoms with van der Waals surface area (Å²) in [6.07, 6.45) is 6.39. The predicted octanol–water partition coefficient (Wildman–Crippen LogP) is 3.70. The Morgan fingerprint density at radius 2 is 2.00 bits per heavy atom. The highest BCUT2D eigenvalue weighted by Crippen LogP contribution is 2.27. The van der Waals surface area contributed by atoms with Crippen LogP contribution in [-0.4, -0.2) is 44.4 Å². The molecule has 0 atom stereocenters. The van der Waals surface area contributed by atoms with Gasteiger partial charge in [-0.15, -0.1) is 10.2 Å². The highest BCUT2D eigenvalue weighted by Gasteiger charge is 2.25. The molecule has 0 saturated heterocycles. The summed E-state index contributed by atoms with van der Waals surface area (Å²) in [5.74, 6) is 1.36. The number of carbonyl (C=O) groups excluding carboxylic acids is 1. The van der Waals surface area contributed by atoms with Crippen LogP contribution >= 0.6 is 11.8 Å². The van der Waals surface area contributed by atoms with Gasteiger partial charge in [0.25, 0.3) is 0 Å². The zero-order chi connectivity index (χ0) is 17.8. The maximum atomic E-state index is 12.6. The van der Waals surface area contributed by atoms with Crippen LogP contribution in [0.25, 0.3) is 5.69 Å². The fourth-order valence-electron chi connectivity index (χ4n) is 3.38. The van der Waals surface area contributed by atoms with Crippen molar-refractivity contribution in [3.8, 4) is 5.69 Å². The lowest BCUT2D eigenvalue weighted by Crippen LogP contribution is -2.40. The second-order valence-electron chi connectivity index (χ2n) is 6.98. The molecule has 2 aromatic rings. The molecule has 1 heterocycles. The lowest BCUT2D eigenvalue weighted by Gasteiger charge is -2.33. The topological polar surface area (TPSA) is 51.0 Å². The predicted molar refractivity (Wildman–Crippen MR) is 101 cm³/mol. The van der Waals surface area contributed by atoms with Crippen LogP contribution in [0, 0.1) is 12.8 Å². The number of hydrogen-bond acceptors (Lipinski definition) is 4. The van der Waals surface area contributed by atoms with Gasteiger partial charge in [0.05, 0.1) is 11.4 Å². The van der Waals surface area contributed by atoms with Crippen LogP contribution in [0.4, 0.5) is 0 Å². The quantitative estimate of drug-likeness (QED) is 0.765. The maximum Gasteiger partial charge on any atom is 0.233 e. The highest BCUT2D eigenvalue weighted by molar-refractivity contribution is 7.99. The van der Waals surface area contributed by atoms with Crippen molar-refractivity contribution in [3.05, 3.63) is 36.2 Å². The molecule has 1 fully saturated rings. The molecule has 0 aliphatic heterocycles. The van der Waals surface area contributed by atoms with Crippen molar-refractivity contribution >= 4 is 17.7 Å². The number of hydrogen-bond donors (Lipinski definition) is 0. The van der Waals surface area contributed by atoms with Gasteiger partial charge in [-0.2, -0.15) is 0 Å². The van der Waals surface area contributed by atoms with E-state index in [1.165, 1.54) is 24.6 Å². The smallest absolute Gasteiger partial charge is 0.233 e. The molecule has 1 aromatic heterocycles. The largest absolute Gasteiger partial charge is 0.342 e. The first kappa shape index (κ1) is 18.0. The Kier molecular flexibility index (Phi) is 5.78. The van der Waals surface area contributed by atoms with Gasteiger partial charge < -0.3 is 4.90 Å². The van der Waals surface area contributed by atoms with E-state index in [1.54, 1.807) is 6.33 Å². The Morgan fingerprint density at radius 1 is 1.28 bits per heavy atom. The third kappa shape index (κ3) is 4.24. The molecular weight excluding hydrogens is 332 g/mol. The second-order valence-corrected chi connectivity index (χ2v) is 7.92. The van der Waals surface area contributed by atoms with Gasteiger partial charge in [0, 0.05) is 13.1 Å². The van der Waals surface area contributed by atoms with E-state index in [0.717, 1.165) is 35.2 Å². The number of carbonyl (C=O) groups is 1. The zero-order valence-electron chi connectivity index (χ0n) is 15.2. The number of aryl methyl sites for hydroxylation is 1. The minimum Gasteiger partial charge on any atom is -0.342 e. The van der Waals surface area contributed by atoms with Crippen molar-refractivity contribution in [2.45, 2.75) is 50.7 Å². The SMILES string of the molecule is Cc1ccccc1-n1cnnc1SCC(=O)N(C)C1CCC(C)CC1. The van der Waals surface area contributed by atoms with E-state index in [4.69, 9.17) is 0 Å². The van der Waals surface area contributed by atoms with Gasteiger partial charge in [0.15, 0.2) is 5.16 Å². The molecule has 0 N–H and O–H groups in total. The standard InChI is InChI=1S/C19H26N4OS/c1-14-8-10-16(11-9-14)22(3)18(24)12-25-19-21-20-13-23(19)17-7-5-4-6-15(17)2/h4-7,13-14,16H,8-12H2,1-3H3. The number of para-hydroxylation sites is 1. The number of nitrogens with zero attached hydrogens (tertiary/aromatic N) is 4.